The predicted octanol–water partition coefficient (Wildman–Crippen LogP) is 8.16. The summed E-state index contributed by atoms with van der Waals surface area (Å²) in [5.74, 6) is 2.11. The van der Waals surface area contributed by atoms with Gasteiger partial charge in [-0.25, -0.2) is 4.98 Å². The van der Waals surface area contributed by atoms with Gasteiger partial charge in [0.05, 0.1) is 11.0 Å². The molecule has 0 aliphatic carbocycles. The van der Waals surface area contributed by atoms with Crippen LogP contribution in [0.1, 0.15) is 0 Å². The zero-order chi connectivity index (χ0) is 27.9. The van der Waals surface area contributed by atoms with E-state index >= 15 is 0 Å². The molecule has 0 atom stereocenters. The molecule has 4 aromatic heterocycles. The summed E-state index contributed by atoms with van der Waals surface area (Å²) in [5.41, 5.74) is 6.78. The molecule has 8 rings (SSSR count). The Morgan fingerprint density at radius 3 is 1.79 bits per heavy atom. The van der Waals surface area contributed by atoms with Gasteiger partial charge in [0.2, 0.25) is 0 Å². The average Bonchev–Trinajstić information content (AvgIpc) is 3.66. The molecule has 0 N–H and O–H groups in total. The first-order chi connectivity index (χ1) is 20.8. The van der Waals surface area contributed by atoms with Crippen LogP contribution in [0.5, 0.6) is 0 Å². The van der Waals surface area contributed by atoms with E-state index in [9.17, 15) is 0 Å². The molecule has 0 aliphatic heterocycles. The van der Waals surface area contributed by atoms with Crippen molar-refractivity contribution >= 4 is 21.8 Å². The van der Waals surface area contributed by atoms with E-state index in [1.54, 1.807) is 0 Å². The molecule has 4 heterocycles. The topological polar surface area (TPSA) is 61.4 Å². The maximum absolute atomic E-state index is 5.16. The lowest BCUT2D eigenvalue weighted by Crippen LogP contribution is -2.04. The lowest BCUT2D eigenvalue weighted by atomic mass is 10.1. The molecule has 0 saturated heterocycles. The number of hydrogen-bond acceptors (Lipinski definition) is 4. The molecule has 4 aromatic carbocycles. The minimum absolute atomic E-state index is 0.644. The van der Waals surface area contributed by atoms with Gasteiger partial charge < -0.3 is 0 Å². The number of hydrogen-bond donors (Lipinski definition) is 0. The van der Waals surface area contributed by atoms with Crippen molar-refractivity contribution in [2.24, 2.45) is 0 Å². The largest absolute Gasteiger partial charge is 0.294 e. The van der Waals surface area contributed by atoms with E-state index in [1.807, 2.05) is 83.6 Å². The lowest BCUT2D eigenvalue weighted by molar-refractivity contribution is 1.03. The summed E-state index contributed by atoms with van der Waals surface area (Å²) in [4.78, 5) is 9.87. The highest BCUT2D eigenvalue weighted by Crippen LogP contribution is 2.33. The Balaban J connectivity index is 1.32. The number of nitrogens with zero attached hydrogens (tertiary/aromatic N) is 6. The Labute approximate surface area is 242 Å². The minimum Gasteiger partial charge on any atom is -0.294 e. The quantitative estimate of drug-likeness (QED) is 0.221. The van der Waals surface area contributed by atoms with E-state index in [0.717, 1.165) is 45.1 Å². The Morgan fingerprint density at radius 1 is 0.452 bits per heavy atom. The Hall–Kier alpha value is -5.88. The van der Waals surface area contributed by atoms with Gasteiger partial charge in [-0.1, -0.05) is 91.0 Å². The van der Waals surface area contributed by atoms with Gasteiger partial charge in [-0.2, -0.15) is 0 Å². The summed E-state index contributed by atoms with van der Waals surface area (Å²) < 4.78 is 4.25. The van der Waals surface area contributed by atoms with Crippen molar-refractivity contribution in [2.45, 2.75) is 0 Å². The molecule has 0 amide bonds. The van der Waals surface area contributed by atoms with Gasteiger partial charge in [-0.15, -0.1) is 10.2 Å². The number of aromatic nitrogens is 6. The average molecular weight is 541 g/mol. The molecule has 0 unspecified atom stereocenters. The smallest absolute Gasteiger partial charge is 0.187 e. The molecule has 42 heavy (non-hydrogen) atoms. The van der Waals surface area contributed by atoms with E-state index in [-0.39, 0.29) is 0 Å². The second-order valence-corrected chi connectivity index (χ2v) is 10.1. The molecule has 198 valence electrons. The van der Waals surface area contributed by atoms with E-state index in [2.05, 4.69) is 81.5 Å². The van der Waals surface area contributed by atoms with E-state index in [4.69, 9.17) is 9.97 Å². The molecular formula is C36H24N6. The molecule has 6 heteroatoms. The predicted molar refractivity (Wildman–Crippen MR) is 168 cm³/mol. The number of rotatable bonds is 5. The van der Waals surface area contributed by atoms with E-state index in [0.29, 0.717) is 11.6 Å². The molecule has 0 bridgehead atoms. The molecule has 6 nitrogen and oxygen atoms in total. The maximum atomic E-state index is 5.16. The standard InChI is InChI=1S/C36H24N6/c1-3-12-25(13-4-1)26-22-23-37-31(24-26)36-40-39-35(41(36)27-14-5-2-6-15-27)30-18-11-21-34(38-30)42-32-19-9-7-16-28(32)29-17-8-10-20-33(29)42/h1-24H. The highest BCUT2D eigenvalue weighted by molar-refractivity contribution is 6.09. The van der Waals surface area contributed by atoms with Gasteiger partial charge in [0, 0.05) is 22.7 Å². The normalized spacial score (nSPS) is 11.3. The zero-order valence-electron chi connectivity index (χ0n) is 22.5. The van der Waals surface area contributed by atoms with Crippen molar-refractivity contribution in [3.8, 4) is 45.7 Å². The maximum Gasteiger partial charge on any atom is 0.187 e. The minimum atomic E-state index is 0.644. The second-order valence-electron chi connectivity index (χ2n) is 10.1. The number of para-hydroxylation sites is 3. The fourth-order valence-electron chi connectivity index (χ4n) is 5.64. The van der Waals surface area contributed by atoms with Crippen molar-refractivity contribution in [2.75, 3.05) is 0 Å². The van der Waals surface area contributed by atoms with E-state index in [1.165, 1.54) is 10.8 Å². The Kier molecular flexibility index (Phi) is 5.67. The van der Waals surface area contributed by atoms with Crippen molar-refractivity contribution in [1.82, 2.24) is 29.3 Å². The molecule has 0 radical (unpaired) electrons. The van der Waals surface area contributed by atoms with Crippen molar-refractivity contribution < 1.29 is 0 Å². The monoisotopic (exact) mass is 540 g/mol. The van der Waals surface area contributed by atoms with Crippen LogP contribution in [0, 0.1) is 0 Å². The SMILES string of the molecule is c1ccc(-c2ccnc(-c3nnc(-c4cccc(-n5c6ccccc6c6ccccc65)n4)n3-c3ccccc3)c2)cc1. The summed E-state index contributed by atoms with van der Waals surface area (Å²) in [6, 6.07) is 47.4. The first kappa shape index (κ1) is 24.0. The molecule has 8 aromatic rings. The third kappa shape index (κ3) is 3.97. The zero-order valence-corrected chi connectivity index (χ0v) is 22.5. The number of fused-ring (bicyclic) bond motifs is 3. The van der Waals surface area contributed by atoms with Gasteiger partial charge in [-0.05, 0) is 59.7 Å². The number of pyridine rings is 2. The fourth-order valence-corrected chi connectivity index (χ4v) is 5.64. The van der Waals surface area contributed by atoms with Crippen LogP contribution >= 0.6 is 0 Å². The summed E-state index contributed by atoms with van der Waals surface area (Å²) in [7, 11) is 0. The summed E-state index contributed by atoms with van der Waals surface area (Å²) in [5, 5.41) is 11.7. The molecule has 0 fully saturated rings. The Morgan fingerprint density at radius 2 is 1.07 bits per heavy atom. The van der Waals surface area contributed by atoms with Gasteiger partial charge in [0.25, 0.3) is 0 Å². The van der Waals surface area contributed by atoms with Crippen LogP contribution in [0.3, 0.4) is 0 Å². The van der Waals surface area contributed by atoms with Crippen LogP contribution in [0.4, 0.5) is 0 Å². The van der Waals surface area contributed by atoms with Crippen LogP contribution in [0.25, 0.3) is 67.5 Å². The van der Waals surface area contributed by atoms with Crippen LogP contribution in [-0.4, -0.2) is 29.3 Å². The second kappa shape index (κ2) is 9.94. The van der Waals surface area contributed by atoms with Crippen LogP contribution in [0.2, 0.25) is 0 Å². The first-order valence-corrected chi connectivity index (χ1v) is 13.8. The first-order valence-electron chi connectivity index (χ1n) is 13.8. The van der Waals surface area contributed by atoms with Crippen LogP contribution in [-0.2, 0) is 0 Å². The Bertz CT molecular complexity index is 2140. The summed E-state index contributed by atoms with van der Waals surface area (Å²) >= 11 is 0. The summed E-state index contributed by atoms with van der Waals surface area (Å²) in [6.45, 7) is 0. The fraction of sp³-hybridized carbons (Fsp3) is 0. The van der Waals surface area contributed by atoms with Gasteiger partial charge >= 0.3 is 0 Å². The summed E-state index contributed by atoms with van der Waals surface area (Å²) in [6.07, 6.45) is 1.82. The van der Waals surface area contributed by atoms with Gasteiger partial charge in [0.15, 0.2) is 11.6 Å². The third-order valence-electron chi connectivity index (χ3n) is 7.55. The number of benzene rings is 4. The van der Waals surface area contributed by atoms with Crippen LogP contribution in [0.15, 0.2) is 146 Å². The molecule has 0 spiro atoms. The highest BCUT2D eigenvalue weighted by Gasteiger charge is 2.20. The van der Waals surface area contributed by atoms with Crippen LogP contribution < -0.4 is 0 Å². The van der Waals surface area contributed by atoms with Gasteiger partial charge in [-0.3, -0.25) is 14.1 Å². The highest BCUT2D eigenvalue weighted by atomic mass is 15.3. The lowest BCUT2D eigenvalue weighted by Gasteiger charge is -2.12. The van der Waals surface area contributed by atoms with Gasteiger partial charge in [0.1, 0.15) is 17.2 Å². The van der Waals surface area contributed by atoms with Crippen molar-refractivity contribution in [1.29, 1.82) is 0 Å². The molecular weight excluding hydrogens is 516 g/mol. The van der Waals surface area contributed by atoms with E-state index < -0.39 is 0 Å². The molecule has 0 saturated carbocycles. The molecule has 0 aliphatic rings. The third-order valence-corrected chi connectivity index (χ3v) is 7.55. The van der Waals surface area contributed by atoms with Crippen molar-refractivity contribution in [3.05, 3.63) is 146 Å². The van der Waals surface area contributed by atoms with Crippen molar-refractivity contribution in [3.63, 3.8) is 0 Å².